The molecule has 0 heterocycles. The molecule has 1 amide bonds. The van der Waals surface area contributed by atoms with Gasteiger partial charge in [-0.05, 0) is 48.7 Å². The number of aryl methyl sites for hydroxylation is 1. The van der Waals surface area contributed by atoms with Gasteiger partial charge in [-0.2, -0.15) is 0 Å². The molecule has 15 heavy (non-hydrogen) atoms. The molecule has 1 aromatic carbocycles. The van der Waals surface area contributed by atoms with E-state index in [-0.39, 0.29) is 5.24 Å². The van der Waals surface area contributed by atoms with Gasteiger partial charge < -0.3 is 5.32 Å². The zero-order chi connectivity index (χ0) is 10.7. The molecule has 2 rings (SSSR count). The van der Waals surface area contributed by atoms with Crippen molar-refractivity contribution in [2.75, 3.05) is 0 Å². The quantitative estimate of drug-likeness (QED) is 0.794. The molecule has 0 saturated heterocycles. The second-order valence-electron chi connectivity index (χ2n) is 3.81. The first kappa shape index (κ1) is 10.6. The van der Waals surface area contributed by atoms with Crippen LogP contribution in [0.2, 0.25) is 0 Å². The number of hydrogen-bond donors (Lipinski definition) is 1. The molecule has 3 heteroatoms. The van der Waals surface area contributed by atoms with Crippen LogP contribution >= 0.6 is 11.8 Å². The van der Waals surface area contributed by atoms with Gasteiger partial charge in [-0.15, -0.1) is 0 Å². The van der Waals surface area contributed by atoms with E-state index in [1.54, 1.807) is 0 Å². The summed E-state index contributed by atoms with van der Waals surface area (Å²) in [5, 5.41) is 3.04. The maximum atomic E-state index is 11.5. The van der Waals surface area contributed by atoms with Crippen molar-refractivity contribution in [3.63, 3.8) is 0 Å². The van der Waals surface area contributed by atoms with Gasteiger partial charge in [-0.1, -0.05) is 19.1 Å². The highest BCUT2D eigenvalue weighted by Crippen LogP contribution is 2.24. The minimum Gasteiger partial charge on any atom is -0.344 e. The zero-order valence-corrected chi connectivity index (χ0v) is 9.64. The Bertz CT molecular complexity index is 360. The molecule has 1 aliphatic carbocycles. The van der Waals surface area contributed by atoms with E-state index in [4.69, 9.17) is 0 Å². The molecule has 0 aromatic heterocycles. The molecule has 0 atom stereocenters. The fourth-order valence-corrected chi connectivity index (χ4v) is 2.16. The molecule has 80 valence electrons. The number of hydrogen-bond acceptors (Lipinski definition) is 2. The third kappa shape index (κ3) is 3.27. The first-order valence-electron chi connectivity index (χ1n) is 5.35. The molecule has 1 aromatic rings. The van der Waals surface area contributed by atoms with Crippen LogP contribution in [0.4, 0.5) is 4.79 Å². The van der Waals surface area contributed by atoms with Crippen LogP contribution in [0.15, 0.2) is 29.2 Å². The minimum absolute atomic E-state index is 0.0748. The highest BCUT2D eigenvalue weighted by atomic mass is 32.2. The van der Waals surface area contributed by atoms with Crippen molar-refractivity contribution in [3.05, 3.63) is 29.8 Å². The summed E-state index contributed by atoms with van der Waals surface area (Å²) in [7, 11) is 0. The lowest BCUT2D eigenvalue weighted by atomic mass is 10.2. The van der Waals surface area contributed by atoms with Crippen LogP contribution in [-0.2, 0) is 6.42 Å². The Labute approximate surface area is 94.4 Å². The Balaban J connectivity index is 1.93. The number of thioether (sulfide) groups is 1. The third-order valence-corrected chi connectivity index (χ3v) is 3.21. The van der Waals surface area contributed by atoms with E-state index >= 15 is 0 Å². The van der Waals surface area contributed by atoms with Crippen molar-refractivity contribution < 1.29 is 4.79 Å². The van der Waals surface area contributed by atoms with Crippen LogP contribution in [0.25, 0.3) is 0 Å². The summed E-state index contributed by atoms with van der Waals surface area (Å²) in [4.78, 5) is 12.5. The SMILES string of the molecule is CCc1cccc(SC(=O)NC2CC2)c1. The number of carbonyl (C=O) groups excluding carboxylic acids is 1. The topological polar surface area (TPSA) is 29.1 Å². The highest BCUT2D eigenvalue weighted by molar-refractivity contribution is 8.13. The fraction of sp³-hybridized carbons (Fsp3) is 0.417. The second-order valence-corrected chi connectivity index (χ2v) is 4.86. The molecule has 1 aliphatic rings. The average Bonchev–Trinajstić information content (AvgIpc) is 3.02. The van der Waals surface area contributed by atoms with Gasteiger partial charge in [0.05, 0.1) is 0 Å². The predicted molar refractivity (Wildman–Crippen MR) is 63.2 cm³/mol. The third-order valence-electron chi connectivity index (χ3n) is 2.42. The number of carbonyl (C=O) groups is 1. The Morgan fingerprint density at radius 1 is 1.53 bits per heavy atom. The van der Waals surface area contributed by atoms with Gasteiger partial charge in [-0.25, -0.2) is 0 Å². The van der Waals surface area contributed by atoms with E-state index in [9.17, 15) is 4.79 Å². The lowest BCUT2D eigenvalue weighted by molar-refractivity contribution is 0.260. The fourth-order valence-electron chi connectivity index (χ4n) is 1.36. The maximum absolute atomic E-state index is 11.5. The van der Waals surface area contributed by atoms with Crippen molar-refractivity contribution in [2.24, 2.45) is 0 Å². The number of amides is 1. The smallest absolute Gasteiger partial charge is 0.284 e. The lowest BCUT2D eigenvalue weighted by Gasteiger charge is -2.03. The van der Waals surface area contributed by atoms with E-state index in [0.717, 1.165) is 24.2 Å². The highest BCUT2D eigenvalue weighted by Gasteiger charge is 2.23. The summed E-state index contributed by atoms with van der Waals surface area (Å²) >= 11 is 1.29. The summed E-state index contributed by atoms with van der Waals surface area (Å²) in [6.45, 7) is 2.12. The largest absolute Gasteiger partial charge is 0.344 e. The van der Waals surface area contributed by atoms with E-state index in [2.05, 4.69) is 24.4 Å². The summed E-state index contributed by atoms with van der Waals surface area (Å²) in [6.07, 6.45) is 3.29. The maximum Gasteiger partial charge on any atom is 0.284 e. The monoisotopic (exact) mass is 221 g/mol. The van der Waals surface area contributed by atoms with Gasteiger partial charge in [0.1, 0.15) is 0 Å². The minimum atomic E-state index is 0.0748. The second kappa shape index (κ2) is 4.71. The number of rotatable bonds is 3. The first-order valence-corrected chi connectivity index (χ1v) is 6.17. The molecular formula is C12H15NOS. The Hall–Kier alpha value is -0.960. The van der Waals surface area contributed by atoms with Crippen LogP contribution in [0.1, 0.15) is 25.3 Å². The molecule has 2 nitrogen and oxygen atoms in total. The van der Waals surface area contributed by atoms with Crippen LogP contribution in [-0.4, -0.2) is 11.3 Å². The van der Waals surface area contributed by atoms with E-state index in [1.165, 1.54) is 17.3 Å². The van der Waals surface area contributed by atoms with Crippen molar-refractivity contribution in [1.29, 1.82) is 0 Å². The van der Waals surface area contributed by atoms with Gasteiger partial charge in [0.25, 0.3) is 5.24 Å². The average molecular weight is 221 g/mol. The van der Waals surface area contributed by atoms with Crippen molar-refractivity contribution in [2.45, 2.75) is 37.1 Å². The summed E-state index contributed by atoms with van der Waals surface area (Å²) in [5.74, 6) is 0. The zero-order valence-electron chi connectivity index (χ0n) is 8.82. The standard InChI is InChI=1S/C12H15NOS/c1-2-9-4-3-5-11(8-9)15-12(14)13-10-6-7-10/h3-5,8,10H,2,6-7H2,1H3,(H,13,14). The molecule has 0 bridgehead atoms. The molecule has 0 unspecified atom stereocenters. The van der Waals surface area contributed by atoms with Crippen molar-refractivity contribution >= 4 is 17.0 Å². The molecule has 1 N–H and O–H groups in total. The molecule has 0 spiro atoms. The summed E-state index contributed by atoms with van der Waals surface area (Å²) in [6, 6.07) is 8.60. The van der Waals surface area contributed by atoms with Crippen molar-refractivity contribution in [1.82, 2.24) is 5.32 Å². The molecular weight excluding hydrogens is 206 g/mol. The molecule has 0 radical (unpaired) electrons. The van der Waals surface area contributed by atoms with E-state index < -0.39 is 0 Å². The lowest BCUT2D eigenvalue weighted by Crippen LogP contribution is -2.20. The van der Waals surface area contributed by atoms with Gasteiger partial charge in [0, 0.05) is 10.9 Å². The molecule has 0 aliphatic heterocycles. The summed E-state index contributed by atoms with van der Waals surface area (Å²) in [5.41, 5.74) is 1.28. The van der Waals surface area contributed by atoms with Crippen LogP contribution in [0, 0.1) is 0 Å². The Morgan fingerprint density at radius 2 is 2.33 bits per heavy atom. The predicted octanol–water partition coefficient (Wildman–Crippen LogP) is 3.21. The van der Waals surface area contributed by atoms with Gasteiger partial charge >= 0.3 is 0 Å². The molecule has 1 saturated carbocycles. The normalized spacial score (nSPS) is 15.0. The van der Waals surface area contributed by atoms with E-state index in [1.807, 2.05) is 12.1 Å². The summed E-state index contributed by atoms with van der Waals surface area (Å²) < 4.78 is 0. The Kier molecular flexibility index (Phi) is 3.31. The number of benzene rings is 1. The van der Waals surface area contributed by atoms with Crippen LogP contribution in [0.5, 0.6) is 0 Å². The van der Waals surface area contributed by atoms with E-state index in [0.29, 0.717) is 6.04 Å². The van der Waals surface area contributed by atoms with Gasteiger partial charge in [0.15, 0.2) is 0 Å². The van der Waals surface area contributed by atoms with Crippen molar-refractivity contribution in [3.8, 4) is 0 Å². The van der Waals surface area contributed by atoms with Gasteiger partial charge in [-0.3, -0.25) is 4.79 Å². The molecule has 1 fully saturated rings. The van der Waals surface area contributed by atoms with Gasteiger partial charge in [0.2, 0.25) is 0 Å². The number of nitrogens with one attached hydrogen (secondary N) is 1. The van der Waals surface area contributed by atoms with Crippen LogP contribution < -0.4 is 5.32 Å². The van der Waals surface area contributed by atoms with Crippen LogP contribution in [0.3, 0.4) is 0 Å². The Morgan fingerprint density at radius 3 is 3.00 bits per heavy atom. The first-order chi connectivity index (χ1) is 7.28.